The molecule has 0 saturated carbocycles. The third-order valence-electron chi connectivity index (χ3n) is 0.622. The average molecular weight is 199 g/mol. The van der Waals surface area contributed by atoms with Crippen molar-refractivity contribution in [1.29, 1.82) is 0 Å². The summed E-state index contributed by atoms with van der Waals surface area (Å²) in [6, 6.07) is 0. The van der Waals surface area contributed by atoms with E-state index in [9.17, 15) is 26.3 Å². The Kier molecular flexibility index (Phi) is 2.76. The molecule has 0 aliphatic carbocycles. The van der Waals surface area contributed by atoms with Gasteiger partial charge in [0.05, 0.1) is 0 Å². The minimum absolute atomic E-state index is 1.57. The van der Waals surface area contributed by atoms with Crippen molar-refractivity contribution in [1.82, 2.24) is 0 Å². The van der Waals surface area contributed by atoms with Crippen LogP contribution in [0.5, 0.6) is 0 Å². The minimum Gasteiger partial charge on any atom is -0.168 e. The summed E-state index contributed by atoms with van der Waals surface area (Å²) in [5.41, 5.74) is -2.95. The van der Waals surface area contributed by atoms with Crippen molar-refractivity contribution in [2.75, 3.05) is 0 Å². The molecule has 0 aromatic heterocycles. The first-order chi connectivity index (χ1) is 4.69. The molecule has 0 aliphatic heterocycles. The summed E-state index contributed by atoms with van der Waals surface area (Å²) in [5, 5.41) is 0. The van der Waals surface area contributed by atoms with Gasteiger partial charge in [0.25, 0.3) is 0 Å². The van der Waals surface area contributed by atoms with Gasteiger partial charge in [0.2, 0.25) is 5.71 Å². The summed E-state index contributed by atoms with van der Waals surface area (Å²) in [4.78, 5) is 0. The Labute approximate surface area is 61.8 Å². The lowest BCUT2D eigenvalue weighted by Crippen LogP contribution is -2.36. The van der Waals surface area contributed by atoms with Gasteiger partial charge in [-0.1, -0.05) is 0 Å². The zero-order chi connectivity index (χ0) is 9.28. The monoisotopic (exact) mass is 199 g/mol. The molecule has 0 spiro atoms. The maximum absolute atomic E-state index is 11.3. The number of alkyl halides is 6. The van der Waals surface area contributed by atoms with Crippen LogP contribution in [0.2, 0.25) is 0 Å². The molecule has 66 valence electrons. The lowest BCUT2D eigenvalue weighted by atomic mass is 10.4. The molecule has 11 heavy (non-hydrogen) atoms. The summed E-state index contributed by atoms with van der Waals surface area (Å²) < 4.78 is 69.3. The Morgan fingerprint density at radius 3 is 1.18 bits per heavy atom. The van der Waals surface area contributed by atoms with E-state index in [0.717, 1.165) is 0 Å². The van der Waals surface area contributed by atoms with Crippen LogP contribution in [0.15, 0.2) is 4.51 Å². The van der Waals surface area contributed by atoms with Gasteiger partial charge in [-0.3, -0.25) is 0 Å². The van der Waals surface area contributed by atoms with Gasteiger partial charge in [-0.15, -0.1) is 0 Å². The Morgan fingerprint density at radius 1 is 0.909 bits per heavy atom. The van der Waals surface area contributed by atoms with Crippen LogP contribution in [0.4, 0.5) is 26.3 Å². The van der Waals surface area contributed by atoms with E-state index in [4.69, 9.17) is 0 Å². The lowest BCUT2D eigenvalue weighted by Gasteiger charge is -2.10. The Bertz CT molecular complexity index is 150. The number of halogens is 7. The van der Waals surface area contributed by atoms with Crippen molar-refractivity contribution in [2.24, 2.45) is 4.51 Å². The molecule has 0 amide bonds. The molecule has 0 fully saturated rings. The third-order valence-corrected chi connectivity index (χ3v) is 0.791. The molecule has 0 radical (unpaired) electrons. The first kappa shape index (κ1) is 10.5. The van der Waals surface area contributed by atoms with Crippen molar-refractivity contribution < 1.29 is 26.3 Å². The average Bonchev–Trinajstić information content (AvgIpc) is 1.56. The highest BCUT2D eigenvalue weighted by atomic mass is 35.5. The van der Waals surface area contributed by atoms with Gasteiger partial charge in [-0.05, 0) is 0 Å². The number of hydrogen-bond donors (Lipinski definition) is 0. The Morgan fingerprint density at radius 2 is 1.18 bits per heavy atom. The first-order valence-electron chi connectivity index (χ1n) is 2.03. The highest BCUT2D eigenvalue weighted by Gasteiger charge is 2.53. The van der Waals surface area contributed by atoms with Crippen molar-refractivity contribution in [3.63, 3.8) is 0 Å². The lowest BCUT2D eigenvalue weighted by molar-refractivity contribution is -0.117. The minimum atomic E-state index is -5.56. The van der Waals surface area contributed by atoms with E-state index >= 15 is 0 Å². The maximum atomic E-state index is 11.3. The molecule has 0 aromatic carbocycles. The molecule has 0 unspecified atom stereocenters. The van der Waals surface area contributed by atoms with Gasteiger partial charge in [-0.2, -0.15) is 30.9 Å². The molecule has 8 heteroatoms. The van der Waals surface area contributed by atoms with E-state index in [1.165, 1.54) is 0 Å². The Balaban J connectivity index is 4.74. The van der Waals surface area contributed by atoms with Gasteiger partial charge in [0, 0.05) is 11.8 Å². The second-order valence-corrected chi connectivity index (χ2v) is 1.60. The normalized spacial score (nSPS) is 13.0. The Hall–Kier alpha value is -0.460. The van der Waals surface area contributed by atoms with E-state index < -0.39 is 18.1 Å². The van der Waals surface area contributed by atoms with Crippen molar-refractivity contribution >= 4 is 17.5 Å². The van der Waals surface area contributed by atoms with Gasteiger partial charge in [-0.25, -0.2) is 0 Å². The summed E-state index contributed by atoms with van der Waals surface area (Å²) in [5.74, 6) is 0. The fourth-order valence-corrected chi connectivity index (χ4v) is 0.448. The maximum Gasteiger partial charge on any atom is 0.439 e. The standard InChI is InChI=1S/C3ClF6N/c4-11-1(2(5,6)7)3(8,9)10. The zero-order valence-electron chi connectivity index (χ0n) is 4.59. The van der Waals surface area contributed by atoms with Crippen LogP contribution in [-0.2, 0) is 0 Å². The predicted octanol–water partition coefficient (Wildman–Crippen LogP) is 2.71. The quantitative estimate of drug-likeness (QED) is 0.420. The SMILES string of the molecule is FC(F)(F)C(=NCl)C(F)(F)F. The molecule has 0 heterocycles. The molecule has 0 saturated heterocycles. The number of nitrogens with zero attached hydrogens (tertiary/aromatic N) is 1. The van der Waals surface area contributed by atoms with Crippen LogP contribution in [0.1, 0.15) is 0 Å². The fraction of sp³-hybridized carbons (Fsp3) is 0.667. The molecule has 0 aliphatic rings. The van der Waals surface area contributed by atoms with Gasteiger partial charge in [0.1, 0.15) is 0 Å². The third kappa shape index (κ3) is 2.96. The van der Waals surface area contributed by atoms with E-state index in [1.54, 1.807) is 4.51 Å². The molecule has 0 aromatic rings. The molecule has 0 N–H and O–H groups in total. The summed E-state index contributed by atoms with van der Waals surface area (Å²) in [6.45, 7) is 0. The summed E-state index contributed by atoms with van der Waals surface area (Å²) in [7, 11) is 0. The molecule has 1 nitrogen and oxygen atoms in total. The van der Waals surface area contributed by atoms with E-state index in [1.807, 2.05) is 0 Å². The van der Waals surface area contributed by atoms with Gasteiger partial charge in [0.15, 0.2) is 0 Å². The fourth-order valence-electron chi connectivity index (χ4n) is 0.257. The van der Waals surface area contributed by atoms with Crippen molar-refractivity contribution in [2.45, 2.75) is 12.4 Å². The van der Waals surface area contributed by atoms with Crippen LogP contribution in [-0.4, -0.2) is 18.1 Å². The highest BCUT2D eigenvalue weighted by Crippen LogP contribution is 2.30. The van der Waals surface area contributed by atoms with E-state index in [0.29, 0.717) is 0 Å². The van der Waals surface area contributed by atoms with Crippen molar-refractivity contribution in [3.05, 3.63) is 0 Å². The molecular formula is C3ClF6N. The number of rotatable bonds is 0. The van der Waals surface area contributed by atoms with Crippen molar-refractivity contribution in [3.8, 4) is 0 Å². The predicted molar refractivity (Wildman–Crippen MR) is 25.4 cm³/mol. The van der Waals surface area contributed by atoms with E-state index in [2.05, 4.69) is 11.8 Å². The molecule has 0 atom stereocenters. The summed E-state index contributed by atoms with van der Waals surface area (Å²) in [6.07, 6.45) is -11.1. The second-order valence-electron chi connectivity index (χ2n) is 1.43. The van der Waals surface area contributed by atoms with Crippen LogP contribution in [0.25, 0.3) is 0 Å². The topological polar surface area (TPSA) is 12.4 Å². The highest BCUT2D eigenvalue weighted by molar-refractivity contribution is 6.21. The van der Waals surface area contributed by atoms with Gasteiger partial charge < -0.3 is 0 Å². The molecule has 0 bridgehead atoms. The van der Waals surface area contributed by atoms with Gasteiger partial charge >= 0.3 is 12.4 Å². The largest absolute Gasteiger partial charge is 0.439 e. The molecule has 0 rings (SSSR count). The van der Waals surface area contributed by atoms with Crippen LogP contribution < -0.4 is 0 Å². The number of hydrogen-bond acceptors (Lipinski definition) is 1. The van der Waals surface area contributed by atoms with E-state index in [-0.39, 0.29) is 0 Å². The first-order valence-corrected chi connectivity index (χ1v) is 2.36. The molecular weight excluding hydrogens is 199 g/mol. The van der Waals surface area contributed by atoms with Crippen LogP contribution in [0, 0.1) is 0 Å². The summed E-state index contributed by atoms with van der Waals surface area (Å²) >= 11 is 4.08. The van der Waals surface area contributed by atoms with Crippen LogP contribution in [0.3, 0.4) is 0 Å². The zero-order valence-corrected chi connectivity index (χ0v) is 5.35. The smallest absolute Gasteiger partial charge is 0.168 e. The second kappa shape index (κ2) is 2.88. The van der Waals surface area contributed by atoms with Crippen LogP contribution >= 0.6 is 11.8 Å².